The van der Waals surface area contributed by atoms with E-state index in [1.165, 1.54) is 122 Å². The summed E-state index contributed by atoms with van der Waals surface area (Å²) in [6, 6.07) is 0. The third-order valence-corrected chi connectivity index (χ3v) is 8.82. The van der Waals surface area contributed by atoms with Crippen molar-refractivity contribution in [3.63, 3.8) is 0 Å². The van der Waals surface area contributed by atoms with E-state index in [1.807, 2.05) is 13.8 Å². The Labute approximate surface area is 268 Å². The number of aliphatic carboxylic acids is 1. The number of rotatable bonds is 21. The first-order valence-corrected chi connectivity index (χ1v) is 17.2. The van der Waals surface area contributed by atoms with Crippen molar-refractivity contribution in [2.45, 2.75) is 188 Å². The molecule has 0 spiro atoms. The molecule has 0 aliphatic heterocycles. The van der Waals surface area contributed by atoms with Gasteiger partial charge in [-0.25, -0.2) is 0 Å². The Morgan fingerprint density at radius 1 is 0.692 bits per heavy atom. The molecule has 0 aromatic rings. The number of carboxylic acid groups (broad SMARTS) is 1. The Morgan fingerprint density at radius 2 is 1.18 bits per heavy atom. The van der Waals surface area contributed by atoms with E-state index < -0.39 is 5.97 Å². The second-order valence-electron chi connectivity index (χ2n) is 12.1. The van der Waals surface area contributed by atoms with Gasteiger partial charge in [-0.15, -0.1) is 5.92 Å². The molecule has 2 aliphatic carbocycles. The minimum absolute atomic E-state index is 0. The number of carboxylic acids is 1. The van der Waals surface area contributed by atoms with E-state index in [2.05, 4.69) is 20.1 Å². The summed E-state index contributed by atoms with van der Waals surface area (Å²) in [6.45, 7) is 8.47. The molecule has 0 aromatic heterocycles. The van der Waals surface area contributed by atoms with Crippen LogP contribution in [0.2, 0.25) is 0 Å². The molecule has 230 valence electrons. The summed E-state index contributed by atoms with van der Waals surface area (Å²) in [4.78, 5) is 22.2. The Kier molecular flexibility index (Phi) is 33.0. The van der Waals surface area contributed by atoms with E-state index in [9.17, 15) is 14.7 Å². The topological polar surface area (TPSA) is 54.4 Å². The van der Waals surface area contributed by atoms with Gasteiger partial charge >= 0.3 is 5.97 Å². The molecular weight excluding hydrogens is 706 g/mol. The zero-order valence-corrected chi connectivity index (χ0v) is 30.9. The average molecular weight is 774 g/mol. The largest absolute Gasteiger partial charge is 0.542 e. The molecule has 0 amide bonds. The molecule has 2 saturated carbocycles. The Bertz CT molecular complexity index is 514. The van der Waals surface area contributed by atoms with Gasteiger partial charge in [-0.05, 0) is 31.1 Å². The number of hydrogen-bond acceptors (Lipinski definition) is 2. The molecule has 0 heterocycles. The summed E-state index contributed by atoms with van der Waals surface area (Å²) in [7, 11) is 0. The summed E-state index contributed by atoms with van der Waals surface area (Å²) in [6.07, 6.45) is 33.8. The molecule has 2 fully saturated rings. The third-order valence-electron chi connectivity index (χ3n) is 8.82. The van der Waals surface area contributed by atoms with Crippen molar-refractivity contribution < 1.29 is 45.8 Å². The summed E-state index contributed by atoms with van der Waals surface area (Å²) >= 11 is 0. The predicted molar refractivity (Wildman–Crippen MR) is 165 cm³/mol. The minimum Gasteiger partial charge on any atom is -0.542 e. The van der Waals surface area contributed by atoms with Gasteiger partial charge in [0.2, 0.25) is 0 Å². The summed E-state index contributed by atoms with van der Waals surface area (Å²) < 4.78 is 0. The quantitative estimate of drug-likeness (QED) is 0.0934. The number of carbonyl (C=O) groups is 1. The molecule has 0 saturated heterocycles. The van der Waals surface area contributed by atoms with Gasteiger partial charge in [0.25, 0.3) is 0 Å². The average Bonchev–Trinajstić information content (AvgIpc) is 2.91. The van der Waals surface area contributed by atoms with E-state index in [0.717, 1.165) is 50.4 Å². The van der Waals surface area contributed by atoms with Crippen molar-refractivity contribution in [1.82, 2.24) is 0 Å². The maximum atomic E-state index is 11.2. The molecule has 3 nitrogen and oxygen atoms in total. The molecule has 2 unspecified atom stereocenters. The third kappa shape index (κ3) is 24.5. The fraction of sp³-hybridized carbons (Fsp3) is 0.943. The van der Waals surface area contributed by atoms with Gasteiger partial charge in [0.15, 0.2) is 0 Å². The summed E-state index contributed by atoms with van der Waals surface area (Å²) in [5, 5.41) is 9.22. The fourth-order valence-electron chi connectivity index (χ4n) is 6.00. The second kappa shape index (κ2) is 31.1. The van der Waals surface area contributed by atoms with Crippen LogP contribution in [0.15, 0.2) is 0 Å². The van der Waals surface area contributed by atoms with Crippen LogP contribution < -0.4 is 0 Å². The van der Waals surface area contributed by atoms with Crippen LogP contribution in [0, 0.1) is 54.8 Å². The van der Waals surface area contributed by atoms with Gasteiger partial charge in [-0.2, -0.15) is 0 Å². The Morgan fingerprint density at radius 3 is 1.64 bits per heavy atom. The van der Waals surface area contributed by atoms with Crippen LogP contribution in [0.5, 0.6) is 0 Å². The van der Waals surface area contributed by atoms with Crippen molar-refractivity contribution in [3.8, 4) is 0 Å². The molecule has 4 heteroatoms. The molecule has 1 N–H and O–H groups in total. The molecule has 2 rings (SSSR count). The Balaban J connectivity index is 0. The molecule has 2 atom stereocenters. The summed E-state index contributed by atoms with van der Waals surface area (Å²) in [5.41, 5.74) is 0. The van der Waals surface area contributed by atoms with E-state index in [-0.39, 0.29) is 42.9 Å². The van der Waals surface area contributed by atoms with E-state index >= 15 is 0 Å². The van der Waals surface area contributed by atoms with Crippen LogP contribution in [-0.2, 0) is 9.59 Å². The smallest absolute Gasteiger partial charge is 0.306 e. The number of hydrogen-bond donors (Lipinski definition) is 1. The first-order chi connectivity index (χ1) is 18.6. The van der Waals surface area contributed by atoms with Gasteiger partial charge in [0.1, 0.15) is 0 Å². The van der Waals surface area contributed by atoms with Crippen molar-refractivity contribution in [1.29, 1.82) is 0 Å². The maximum Gasteiger partial charge on any atom is 0.306 e. The van der Waals surface area contributed by atoms with Gasteiger partial charge in [0.05, 0.1) is 5.92 Å². The van der Waals surface area contributed by atoms with Crippen molar-refractivity contribution in [3.05, 3.63) is 0 Å². The molecule has 2 aliphatic rings. The zero-order valence-electron chi connectivity index (χ0n) is 26.8. The van der Waals surface area contributed by atoms with Crippen LogP contribution in [0.3, 0.4) is 0 Å². The molecular formula is C35H67O3U-. The Hall–Kier alpha value is 0.192. The molecule has 39 heavy (non-hydrogen) atoms. The van der Waals surface area contributed by atoms with Gasteiger partial charge in [-0.1, -0.05) is 169 Å². The SMILES string of the molecule is CC.CCCCCCCCC(CCC1CCC1)C(=O)O.CCCCCCCCC([C-]=O)CC1CCCCC1.[U]. The van der Waals surface area contributed by atoms with E-state index in [0.29, 0.717) is 0 Å². The normalized spacial score (nSPS) is 16.8. The predicted octanol–water partition coefficient (Wildman–Crippen LogP) is 11.5. The molecule has 0 bridgehead atoms. The first kappa shape index (κ1) is 41.3. The van der Waals surface area contributed by atoms with Crippen molar-refractivity contribution >= 4 is 12.3 Å². The van der Waals surface area contributed by atoms with Crippen LogP contribution >= 0.6 is 0 Å². The van der Waals surface area contributed by atoms with Crippen molar-refractivity contribution in [2.75, 3.05) is 0 Å². The first-order valence-electron chi connectivity index (χ1n) is 17.2. The maximum absolute atomic E-state index is 11.2. The zero-order chi connectivity index (χ0) is 28.3. The van der Waals surface area contributed by atoms with Gasteiger partial charge < -0.3 is 9.90 Å². The van der Waals surface area contributed by atoms with Gasteiger partial charge in [-0.3, -0.25) is 11.1 Å². The van der Waals surface area contributed by atoms with Crippen LogP contribution in [-0.4, -0.2) is 17.4 Å². The minimum atomic E-state index is -0.567. The standard InChI is InChI=1S/C17H31O.C16H30O2.C2H6.U/c1-2-3-4-5-6-8-13-17(15-18)14-16-11-9-7-10-12-16;1-2-3-4-5-6-7-11-15(16(17)18)13-12-14-9-8-10-14;1-2;/h16-17H,2-14H2,1H3;14-15H,2-13H2,1H3,(H,17,18);1-2H3;/q-1;;;. The number of unbranched alkanes of at least 4 members (excludes halogenated alkanes) is 10. The monoisotopic (exact) mass is 774 g/mol. The van der Waals surface area contributed by atoms with Gasteiger partial charge in [0, 0.05) is 31.1 Å². The molecule has 0 radical (unpaired) electrons. The van der Waals surface area contributed by atoms with Crippen LogP contribution in [0.4, 0.5) is 0 Å². The number of carbonyl (C=O) groups excluding carboxylic acids is 1. The van der Waals surface area contributed by atoms with Crippen molar-refractivity contribution in [2.24, 2.45) is 23.7 Å². The van der Waals surface area contributed by atoms with Crippen LogP contribution in [0.25, 0.3) is 0 Å². The summed E-state index contributed by atoms with van der Waals surface area (Å²) in [5.74, 6) is 1.26. The van der Waals surface area contributed by atoms with Crippen LogP contribution in [0.1, 0.15) is 188 Å². The second-order valence-corrected chi connectivity index (χ2v) is 12.1. The molecule has 0 aromatic carbocycles. The van der Waals surface area contributed by atoms with E-state index in [1.54, 1.807) is 0 Å². The fourth-order valence-corrected chi connectivity index (χ4v) is 6.00. The van der Waals surface area contributed by atoms with E-state index in [4.69, 9.17) is 0 Å².